The number of hydrogen-bond donors (Lipinski definition) is 2. The van der Waals surface area contributed by atoms with Gasteiger partial charge in [-0.2, -0.15) is 15.4 Å². The number of nitrogens with zero attached hydrogens (tertiary/aromatic N) is 2. The molecule has 2 N–H and O–H groups in total. The number of nitrogens with one attached hydrogen (secondary N) is 2. The summed E-state index contributed by atoms with van der Waals surface area (Å²) in [5.41, 5.74) is 1.22. The zero-order valence-corrected chi connectivity index (χ0v) is 11.8. The van der Waals surface area contributed by atoms with E-state index in [1.807, 2.05) is 24.3 Å². The second-order valence-electron chi connectivity index (χ2n) is 5.15. The number of methoxy groups -OCH3 is 1. The number of hydrogen-bond acceptors (Lipinski definition) is 4. The third-order valence-corrected chi connectivity index (χ3v) is 3.21. The smallest absolute Gasteiger partial charge is 0.273 e. The highest BCUT2D eigenvalue weighted by atomic mass is 16.5. The summed E-state index contributed by atoms with van der Waals surface area (Å²) in [6.45, 7) is 4.64. The van der Waals surface area contributed by atoms with E-state index in [0.29, 0.717) is 6.54 Å². The first kappa shape index (κ1) is 14.0. The molecule has 0 aliphatic heterocycles. The van der Waals surface area contributed by atoms with Crippen LogP contribution in [-0.4, -0.2) is 35.0 Å². The minimum Gasteiger partial charge on any atom is -0.497 e. The van der Waals surface area contributed by atoms with Crippen LogP contribution >= 0.6 is 0 Å². The predicted octanol–water partition coefficient (Wildman–Crippen LogP) is 1.52. The van der Waals surface area contributed by atoms with Gasteiger partial charge in [-0.25, -0.2) is 0 Å². The van der Waals surface area contributed by atoms with Gasteiger partial charge in [0, 0.05) is 12.0 Å². The highest BCUT2D eigenvalue weighted by molar-refractivity contribution is 5.91. The lowest BCUT2D eigenvalue weighted by atomic mass is 9.84. The molecule has 20 heavy (non-hydrogen) atoms. The first-order chi connectivity index (χ1) is 9.53. The van der Waals surface area contributed by atoms with Gasteiger partial charge in [-0.3, -0.25) is 4.79 Å². The second kappa shape index (κ2) is 5.73. The first-order valence-electron chi connectivity index (χ1n) is 6.31. The van der Waals surface area contributed by atoms with E-state index in [-0.39, 0.29) is 17.0 Å². The highest BCUT2D eigenvalue weighted by Gasteiger charge is 2.22. The molecular formula is C14H18N4O2. The molecule has 0 bridgehead atoms. The average molecular weight is 274 g/mol. The number of amides is 1. The maximum atomic E-state index is 11.8. The summed E-state index contributed by atoms with van der Waals surface area (Å²) >= 11 is 0. The molecule has 0 radical (unpaired) electrons. The number of rotatable bonds is 5. The van der Waals surface area contributed by atoms with Crippen LogP contribution in [-0.2, 0) is 5.41 Å². The number of aromatic amines is 1. The number of benzene rings is 1. The van der Waals surface area contributed by atoms with E-state index in [0.717, 1.165) is 11.3 Å². The molecule has 2 rings (SSSR count). The van der Waals surface area contributed by atoms with Crippen molar-refractivity contribution in [2.24, 2.45) is 0 Å². The molecule has 2 aromatic rings. The van der Waals surface area contributed by atoms with Crippen LogP contribution in [0.3, 0.4) is 0 Å². The Kier molecular flexibility index (Phi) is 4.02. The van der Waals surface area contributed by atoms with E-state index in [4.69, 9.17) is 4.74 Å². The van der Waals surface area contributed by atoms with E-state index in [1.54, 1.807) is 7.11 Å². The fraction of sp³-hybridized carbons (Fsp3) is 0.357. The first-order valence-corrected chi connectivity index (χ1v) is 6.31. The largest absolute Gasteiger partial charge is 0.497 e. The van der Waals surface area contributed by atoms with Crippen molar-refractivity contribution in [2.45, 2.75) is 19.3 Å². The van der Waals surface area contributed by atoms with Crippen LogP contribution < -0.4 is 10.1 Å². The van der Waals surface area contributed by atoms with Gasteiger partial charge in [-0.1, -0.05) is 26.0 Å². The van der Waals surface area contributed by atoms with Crippen LogP contribution in [0.1, 0.15) is 29.9 Å². The molecule has 6 heteroatoms. The summed E-state index contributed by atoms with van der Waals surface area (Å²) in [5.74, 6) is 0.580. The van der Waals surface area contributed by atoms with E-state index in [2.05, 4.69) is 34.6 Å². The van der Waals surface area contributed by atoms with Gasteiger partial charge in [0.25, 0.3) is 5.91 Å². The quantitative estimate of drug-likeness (QED) is 0.866. The third kappa shape index (κ3) is 3.14. The molecule has 0 aliphatic carbocycles. The Morgan fingerprint density at radius 1 is 1.35 bits per heavy atom. The maximum absolute atomic E-state index is 11.8. The number of ether oxygens (including phenoxy) is 1. The Balaban J connectivity index is 2.01. The Labute approximate surface area is 117 Å². The number of carbonyl (C=O) groups excluding carboxylic acids is 1. The van der Waals surface area contributed by atoms with Crippen LogP contribution in [0, 0.1) is 0 Å². The summed E-state index contributed by atoms with van der Waals surface area (Å²) in [6, 6.07) is 7.83. The highest BCUT2D eigenvalue weighted by Crippen LogP contribution is 2.24. The van der Waals surface area contributed by atoms with Crippen molar-refractivity contribution in [3.63, 3.8) is 0 Å². The van der Waals surface area contributed by atoms with Crippen molar-refractivity contribution in [1.29, 1.82) is 0 Å². The van der Waals surface area contributed by atoms with Crippen LogP contribution in [0.4, 0.5) is 0 Å². The maximum Gasteiger partial charge on any atom is 0.273 e. The zero-order valence-electron chi connectivity index (χ0n) is 11.8. The van der Waals surface area contributed by atoms with Crippen molar-refractivity contribution in [3.8, 4) is 5.75 Å². The Hall–Kier alpha value is -2.37. The van der Waals surface area contributed by atoms with Crippen LogP contribution in [0.15, 0.2) is 30.5 Å². The fourth-order valence-electron chi connectivity index (χ4n) is 1.85. The molecule has 6 nitrogen and oxygen atoms in total. The molecule has 1 amide bonds. The van der Waals surface area contributed by atoms with Gasteiger partial charge >= 0.3 is 0 Å². The van der Waals surface area contributed by atoms with E-state index in [1.165, 1.54) is 6.20 Å². The van der Waals surface area contributed by atoms with Gasteiger partial charge in [-0.15, -0.1) is 0 Å². The lowest BCUT2D eigenvalue weighted by molar-refractivity contribution is 0.0940. The standard InChI is InChI=1S/C14H18N4O2/c1-14(2,10-4-6-11(20-3)7-5-10)9-15-13(19)12-8-16-18-17-12/h4-8H,9H2,1-3H3,(H,15,19)(H,16,17,18). The minimum atomic E-state index is -0.236. The van der Waals surface area contributed by atoms with Crippen molar-refractivity contribution < 1.29 is 9.53 Å². The monoisotopic (exact) mass is 274 g/mol. The summed E-state index contributed by atoms with van der Waals surface area (Å²) in [5, 5.41) is 12.6. The summed E-state index contributed by atoms with van der Waals surface area (Å²) in [7, 11) is 1.64. The SMILES string of the molecule is COc1ccc(C(C)(C)CNC(=O)c2cn[nH]n2)cc1. The molecular weight excluding hydrogens is 256 g/mol. The van der Waals surface area contributed by atoms with Gasteiger partial charge in [-0.05, 0) is 17.7 Å². The fourth-order valence-corrected chi connectivity index (χ4v) is 1.85. The molecule has 1 aromatic carbocycles. The normalized spacial score (nSPS) is 11.2. The van der Waals surface area contributed by atoms with E-state index >= 15 is 0 Å². The summed E-state index contributed by atoms with van der Waals surface area (Å²) in [4.78, 5) is 11.8. The van der Waals surface area contributed by atoms with Gasteiger partial charge < -0.3 is 10.1 Å². The molecule has 0 spiro atoms. The molecule has 0 aliphatic rings. The van der Waals surface area contributed by atoms with Crippen molar-refractivity contribution in [1.82, 2.24) is 20.7 Å². The zero-order chi connectivity index (χ0) is 14.6. The van der Waals surface area contributed by atoms with E-state index in [9.17, 15) is 4.79 Å². The lowest BCUT2D eigenvalue weighted by Crippen LogP contribution is -2.36. The predicted molar refractivity (Wildman–Crippen MR) is 74.7 cm³/mol. The minimum absolute atomic E-state index is 0.189. The van der Waals surface area contributed by atoms with Crippen LogP contribution in [0.5, 0.6) is 5.75 Å². The Bertz CT molecular complexity index is 561. The van der Waals surface area contributed by atoms with Gasteiger partial charge in [0.15, 0.2) is 5.69 Å². The topological polar surface area (TPSA) is 79.9 Å². The van der Waals surface area contributed by atoms with Crippen LogP contribution in [0.25, 0.3) is 0 Å². The van der Waals surface area contributed by atoms with Crippen LogP contribution in [0.2, 0.25) is 0 Å². The van der Waals surface area contributed by atoms with Gasteiger partial charge in [0.1, 0.15) is 5.75 Å². The number of aromatic nitrogens is 3. The molecule has 106 valence electrons. The van der Waals surface area contributed by atoms with Crippen molar-refractivity contribution >= 4 is 5.91 Å². The molecule has 0 atom stereocenters. The number of carbonyl (C=O) groups is 1. The van der Waals surface area contributed by atoms with Gasteiger partial charge in [0.2, 0.25) is 0 Å². The Morgan fingerprint density at radius 3 is 2.60 bits per heavy atom. The summed E-state index contributed by atoms with van der Waals surface area (Å²) < 4.78 is 5.14. The average Bonchev–Trinajstić information content (AvgIpc) is 2.99. The summed E-state index contributed by atoms with van der Waals surface area (Å²) in [6.07, 6.45) is 1.40. The lowest BCUT2D eigenvalue weighted by Gasteiger charge is -2.25. The molecule has 0 saturated heterocycles. The third-order valence-electron chi connectivity index (χ3n) is 3.21. The molecule has 0 fully saturated rings. The second-order valence-corrected chi connectivity index (χ2v) is 5.15. The van der Waals surface area contributed by atoms with Crippen molar-refractivity contribution in [3.05, 3.63) is 41.7 Å². The Morgan fingerprint density at radius 2 is 2.05 bits per heavy atom. The van der Waals surface area contributed by atoms with Crippen molar-refractivity contribution in [2.75, 3.05) is 13.7 Å². The molecule has 0 unspecified atom stereocenters. The molecule has 1 heterocycles. The molecule has 0 saturated carbocycles. The molecule has 1 aromatic heterocycles. The number of H-pyrrole nitrogens is 1. The van der Waals surface area contributed by atoms with Gasteiger partial charge in [0.05, 0.1) is 13.3 Å². The van der Waals surface area contributed by atoms with E-state index < -0.39 is 0 Å².